The number of amides is 3. The van der Waals surface area contributed by atoms with Gasteiger partial charge in [0.15, 0.2) is 0 Å². The quantitative estimate of drug-likeness (QED) is 0.121. The van der Waals surface area contributed by atoms with E-state index < -0.39 is 52.7 Å². The van der Waals surface area contributed by atoms with Crippen LogP contribution in [0.2, 0.25) is 0 Å². The number of carboxylic acid groups (broad SMARTS) is 1. The maximum absolute atomic E-state index is 13.6. The minimum Gasteiger partial charge on any atom is -0.480 e. The molecule has 224 valence electrons. The summed E-state index contributed by atoms with van der Waals surface area (Å²) in [6.07, 6.45) is 1.75. The number of nitrogens with two attached hydrogens (primary N) is 2. The van der Waals surface area contributed by atoms with Crippen LogP contribution in [0.4, 0.5) is 0 Å². The fourth-order valence-corrected chi connectivity index (χ4v) is 4.44. The molecule has 0 heterocycles. The molecule has 41 heavy (non-hydrogen) atoms. The second-order valence-electron chi connectivity index (χ2n) is 10.7. The summed E-state index contributed by atoms with van der Waals surface area (Å²) in [5.74, 6) is -3.01. The van der Waals surface area contributed by atoms with E-state index in [-0.39, 0.29) is 25.7 Å². The molecule has 0 saturated heterocycles. The standard InChI is InChI=1S/C30H42ClN5O5/c1-30(2,31)19-25(28(39)34-23(29(40)41)15-9-10-16-32)36-27(38)24(18-21-13-7-4-8-14-21)35-26(37)22(33)17-20-11-5-3-6-12-20/h3-8,11-14,22-25H,9-10,15-19,32-33H2,1-2H3,(H,34,39)(H,35,37)(H,36,38)(H,40,41)/t22-,23-,24-,25-/m1/s1. The van der Waals surface area contributed by atoms with E-state index in [0.717, 1.165) is 11.1 Å². The van der Waals surface area contributed by atoms with Crippen molar-refractivity contribution in [1.29, 1.82) is 0 Å². The summed E-state index contributed by atoms with van der Waals surface area (Å²) in [4.78, 5) is 50.7. The van der Waals surface area contributed by atoms with Gasteiger partial charge in [0.25, 0.3) is 0 Å². The molecule has 4 atom stereocenters. The van der Waals surface area contributed by atoms with Crippen LogP contribution in [0.25, 0.3) is 0 Å². The highest BCUT2D eigenvalue weighted by Crippen LogP contribution is 2.20. The van der Waals surface area contributed by atoms with Crippen molar-refractivity contribution < 1.29 is 24.3 Å². The number of nitrogens with one attached hydrogen (secondary N) is 3. The van der Waals surface area contributed by atoms with Gasteiger partial charge < -0.3 is 32.5 Å². The van der Waals surface area contributed by atoms with E-state index in [2.05, 4.69) is 16.0 Å². The first-order valence-electron chi connectivity index (χ1n) is 13.8. The van der Waals surface area contributed by atoms with Crippen molar-refractivity contribution in [2.45, 2.75) is 81.4 Å². The first kappa shape index (κ1) is 33.7. The fraction of sp³-hybridized carbons (Fsp3) is 0.467. The maximum Gasteiger partial charge on any atom is 0.326 e. The minimum absolute atomic E-state index is 0.0147. The number of carbonyl (C=O) groups excluding carboxylic acids is 3. The van der Waals surface area contributed by atoms with Crippen LogP contribution in [0.3, 0.4) is 0 Å². The van der Waals surface area contributed by atoms with Crippen molar-refractivity contribution in [2.24, 2.45) is 11.5 Å². The molecule has 0 aromatic heterocycles. The Labute approximate surface area is 246 Å². The van der Waals surface area contributed by atoms with E-state index in [1.165, 1.54) is 0 Å². The van der Waals surface area contributed by atoms with Gasteiger partial charge in [-0.3, -0.25) is 14.4 Å². The summed E-state index contributed by atoms with van der Waals surface area (Å²) < 4.78 is 0. The van der Waals surface area contributed by atoms with Gasteiger partial charge in [-0.25, -0.2) is 4.79 Å². The molecule has 0 unspecified atom stereocenters. The molecule has 3 amide bonds. The zero-order valence-corrected chi connectivity index (χ0v) is 24.4. The monoisotopic (exact) mass is 587 g/mol. The van der Waals surface area contributed by atoms with Gasteiger partial charge in [0.05, 0.1) is 6.04 Å². The Kier molecular flexibility index (Phi) is 13.8. The number of halogens is 1. The predicted octanol–water partition coefficient (Wildman–Crippen LogP) is 1.87. The second kappa shape index (κ2) is 16.7. The Morgan fingerprint density at radius 2 is 1.27 bits per heavy atom. The summed E-state index contributed by atoms with van der Waals surface area (Å²) in [5, 5.41) is 17.6. The van der Waals surface area contributed by atoms with E-state index >= 15 is 0 Å². The third-order valence-corrected chi connectivity index (χ3v) is 6.59. The highest BCUT2D eigenvalue weighted by molar-refractivity contribution is 6.23. The van der Waals surface area contributed by atoms with Gasteiger partial charge in [0.2, 0.25) is 17.7 Å². The number of hydrogen-bond donors (Lipinski definition) is 6. The highest BCUT2D eigenvalue weighted by Gasteiger charge is 2.33. The Morgan fingerprint density at radius 1 is 0.780 bits per heavy atom. The first-order valence-corrected chi connectivity index (χ1v) is 14.1. The molecule has 0 radical (unpaired) electrons. The van der Waals surface area contributed by atoms with Gasteiger partial charge in [0.1, 0.15) is 18.1 Å². The van der Waals surface area contributed by atoms with Crippen LogP contribution in [0.5, 0.6) is 0 Å². The number of carboxylic acids is 1. The summed E-state index contributed by atoms with van der Waals surface area (Å²) in [6.45, 7) is 3.77. The summed E-state index contributed by atoms with van der Waals surface area (Å²) >= 11 is 6.42. The zero-order valence-electron chi connectivity index (χ0n) is 23.6. The molecule has 0 spiro atoms. The first-order chi connectivity index (χ1) is 19.4. The number of rotatable bonds is 17. The fourth-order valence-electron chi connectivity index (χ4n) is 4.29. The Balaban J connectivity index is 2.22. The van der Waals surface area contributed by atoms with Gasteiger partial charge in [-0.1, -0.05) is 60.7 Å². The average molecular weight is 588 g/mol. The second-order valence-corrected chi connectivity index (χ2v) is 11.7. The largest absolute Gasteiger partial charge is 0.480 e. The number of aliphatic carboxylic acids is 1. The summed E-state index contributed by atoms with van der Waals surface area (Å²) in [5.41, 5.74) is 13.3. The van der Waals surface area contributed by atoms with Crippen molar-refractivity contribution >= 4 is 35.3 Å². The third-order valence-electron chi connectivity index (χ3n) is 6.43. The number of alkyl halides is 1. The zero-order chi connectivity index (χ0) is 30.4. The van der Waals surface area contributed by atoms with Crippen LogP contribution in [0, 0.1) is 0 Å². The minimum atomic E-state index is -1.19. The average Bonchev–Trinajstić information content (AvgIpc) is 2.92. The number of hydrogen-bond acceptors (Lipinski definition) is 6. The van der Waals surface area contributed by atoms with Gasteiger partial charge in [-0.15, -0.1) is 11.6 Å². The van der Waals surface area contributed by atoms with Crippen molar-refractivity contribution in [1.82, 2.24) is 16.0 Å². The molecule has 0 saturated carbocycles. The lowest BCUT2D eigenvalue weighted by molar-refractivity contribution is -0.142. The van der Waals surface area contributed by atoms with Crippen molar-refractivity contribution in [3.63, 3.8) is 0 Å². The third kappa shape index (κ3) is 12.7. The van der Waals surface area contributed by atoms with Crippen molar-refractivity contribution in [3.8, 4) is 0 Å². The van der Waals surface area contributed by atoms with Crippen LogP contribution in [-0.4, -0.2) is 64.4 Å². The van der Waals surface area contributed by atoms with Crippen LogP contribution < -0.4 is 27.4 Å². The smallest absolute Gasteiger partial charge is 0.326 e. The lowest BCUT2D eigenvalue weighted by Gasteiger charge is -2.28. The van der Waals surface area contributed by atoms with Crippen LogP contribution in [0.1, 0.15) is 50.7 Å². The molecule has 2 aromatic carbocycles. The predicted molar refractivity (Wildman–Crippen MR) is 159 cm³/mol. The van der Waals surface area contributed by atoms with E-state index in [1.807, 2.05) is 60.7 Å². The number of benzene rings is 2. The molecule has 0 aliphatic heterocycles. The van der Waals surface area contributed by atoms with Crippen LogP contribution in [-0.2, 0) is 32.0 Å². The molecule has 0 bridgehead atoms. The van der Waals surface area contributed by atoms with E-state index in [9.17, 15) is 24.3 Å². The SMILES string of the molecule is CC(C)(Cl)C[C@@H](NC(=O)[C@@H](Cc1ccccc1)NC(=O)[C@H](N)Cc1ccccc1)C(=O)N[C@H](CCCCN)C(=O)O. The normalized spacial score (nSPS) is 14.3. The summed E-state index contributed by atoms with van der Waals surface area (Å²) in [7, 11) is 0. The lowest BCUT2D eigenvalue weighted by atomic mass is 9.99. The van der Waals surface area contributed by atoms with E-state index in [0.29, 0.717) is 19.4 Å². The Morgan fingerprint density at radius 3 is 1.78 bits per heavy atom. The number of unbranched alkanes of at least 4 members (excludes halogenated alkanes) is 1. The van der Waals surface area contributed by atoms with Gasteiger partial charge in [0, 0.05) is 11.3 Å². The molecule has 11 heteroatoms. The van der Waals surface area contributed by atoms with Gasteiger partial charge >= 0.3 is 5.97 Å². The highest BCUT2D eigenvalue weighted by atomic mass is 35.5. The van der Waals surface area contributed by atoms with Crippen molar-refractivity contribution in [3.05, 3.63) is 71.8 Å². The summed E-state index contributed by atoms with van der Waals surface area (Å²) in [6, 6.07) is 14.1. The maximum atomic E-state index is 13.6. The molecule has 2 aromatic rings. The molecule has 8 N–H and O–H groups in total. The molecule has 2 rings (SSSR count). The Hall–Kier alpha value is -3.47. The number of carbonyl (C=O) groups is 4. The van der Waals surface area contributed by atoms with E-state index in [1.54, 1.807) is 13.8 Å². The van der Waals surface area contributed by atoms with Gasteiger partial charge in [-0.2, -0.15) is 0 Å². The lowest BCUT2D eigenvalue weighted by Crippen LogP contribution is -2.58. The van der Waals surface area contributed by atoms with Crippen LogP contribution in [0.15, 0.2) is 60.7 Å². The van der Waals surface area contributed by atoms with Crippen molar-refractivity contribution in [2.75, 3.05) is 6.54 Å². The topological polar surface area (TPSA) is 177 Å². The molecule has 0 aliphatic carbocycles. The molecule has 10 nitrogen and oxygen atoms in total. The molecular formula is C30H42ClN5O5. The van der Waals surface area contributed by atoms with E-state index in [4.69, 9.17) is 23.1 Å². The van der Waals surface area contributed by atoms with Gasteiger partial charge in [-0.05, 0) is 63.6 Å². The molecular weight excluding hydrogens is 546 g/mol. The Bertz CT molecular complexity index is 1130. The molecule has 0 fully saturated rings. The molecule has 0 aliphatic rings. The van der Waals surface area contributed by atoms with Crippen LogP contribution >= 0.6 is 11.6 Å².